The van der Waals surface area contributed by atoms with Crippen molar-refractivity contribution < 1.29 is 18.7 Å². The highest BCUT2D eigenvalue weighted by molar-refractivity contribution is 5.69. The summed E-state index contributed by atoms with van der Waals surface area (Å²) in [5.41, 5.74) is -1.000. The second kappa shape index (κ2) is 4.21. The maximum atomic E-state index is 13.6. The molecule has 2 aliphatic rings. The third kappa shape index (κ3) is 2.22. The van der Waals surface area contributed by atoms with Crippen LogP contribution in [-0.4, -0.2) is 42.1 Å². The van der Waals surface area contributed by atoms with Gasteiger partial charge in [-0.15, -0.1) is 0 Å². The van der Waals surface area contributed by atoms with E-state index in [-0.39, 0.29) is 6.09 Å². The van der Waals surface area contributed by atoms with Crippen molar-refractivity contribution in [2.24, 2.45) is 11.3 Å². The Balaban J connectivity index is 1.88. The van der Waals surface area contributed by atoms with Crippen molar-refractivity contribution in [3.63, 3.8) is 0 Å². The van der Waals surface area contributed by atoms with E-state index >= 15 is 0 Å². The monoisotopic (exact) mass is 257 g/mol. The number of aldehydes is 1. The number of ether oxygens (including phenoxy) is 1. The summed E-state index contributed by atoms with van der Waals surface area (Å²) in [6.45, 7) is 6.39. The van der Waals surface area contributed by atoms with Crippen LogP contribution < -0.4 is 0 Å². The molecule has 2 fully saturated rings. The Morgan fingerprint density at radius 1 is 1.39 bits per heavy atom. The van der Waals surface area contributed by atoms with Gasteiger partial charge in [0.1, 0.15) is 18.1 Å². The first-order valence-electron chi connectivity index (χ1n) is 6.37. The molecule has 0 radical (unpaired) electrons. The van der Waals surface area contributed by atoms with Gasteiger partial charge in [-0.2, -0.15) is 0 Å². The van der Waals surface area contributed by atoms with Gasteiger partial charge in [0.05, 0.1) is 5.92 Å². The van der Waals surface area contributed by atoms with E-state index in [2.05, 4.69) is 0 Å². The summed E-state index contributed by atoms with van der Waals surface area (Å²) in [5.74, 6) is -0.460. The lowest BCUT2D eigenvalue weighted by Crippen LogP contribution is -2.43. The lowest BCUT2D eigenvalue weighted by atomic mass is 9.91. The van der Waals surface area contributed by atoms with Gasteiger partial charge in [0, 0.05) is 18.5 Å². The van der Waals surface area contributed by atoms with Gasteiger partial charge in [-0.1, -0.05) is 0 Å². The highest BCUT2D eigenvalue weighted by Crippen LogP contribution is 2.60. The van der Waals surface area contributed by atoms with Crippen LogP contribution in [-0.2, 0) is 9.53 Å². The molecule has 1 saturated heterocycles. The van der Waals surface area contributed by atoms with Gasteiger partial charge in [-0.3, -0.25) is 0 Å². The Bertz CT molecular complexity index is 356. The molecule has 1 heterocycles. The molecular weight excluding hydrogens is 237 g/mol. The number of nitrogens with zero attached hydrogens (tertiary/aromatic N) is 1. The van der Waals surface area contributed by atoms with Crippen molar-refractivity contribution >= 4 is 12.4 Å². The summed E-state index contributed by atoms with van der Waals surface area (Å²) in [5, 5.41) is 0. The van der Waals surface area contributed by atoms with Crippen molar-refractivity contribution in [1.82, 2.24) is 4.90 Å². The van der Waals surface area contributed by atoms with Gasteiger partial charge in [-0.25, -0.2) is 9.18 Å². The molecule has 0 bridgehead atoms. The van der Waals surface area contributed by atoms with E-state index in [4.69, 9.17) is 4.74 Å². The van der Waals surface area contributed by atoms with Crippen molar-refractivity contribution in [3.05, 3.63) is 0 Å². The van der Waals surface area contributed by atoms with Crippen molar-refractivity contribution in [3.8, 4) is 0 Å². The first-order chi connectivity index (χ1) is 8.30. The number of carbonyl (C=O) groups is 2. The van der Waals surface area contributed by atoms with E-state index in [1.165, 1.54) is 0 Å². The summed E-state index contributed by atoms with van der Waals surface area (Å²) >= 11 is 0. The molecule has 1 saturated carbocycles. The van der Waals surface area contributed by atoms with Gasteiger partial charge in [-0.05, 0) is 33.6 Å². The number of alkyl halides is 1. The van der Waals surface area contributed by atoms with Gasteiger partial charge in [0.25, 0.3) is 0 Å². The molecule has 2 unspecified atom stereocenters. The van der Waals surface area contributed by atoms with Crippen LogP contribution in [0, 0.1) is 11.3 Å². The number of likely N-dealkylation sites (tertiary alicyclic amines) is 1. The average Bonchev–Trinajstić information content (AvgIpc) is 2.80. The molecule has 0 aromatic rings. The molecule has 0 aromatic carbocycles. The Morgan fingerprint density at radius 3 is 2.33 bits per heavy atom. The van der Waals surface area contributed by atoms with E-state index < -0.39 is 23.1 Å². The van der Waals surface area contributed by atoms with Crippen molar-refractivity contribution in [2.45, 2.75) is 45.4 Å². The molecule has 1 aliphatic heterocycles. The second-order valence-electron chi connectivity index (χ2n) is 6.26. The van der Waals surface area contributed by atoms with E-state index in [0.29, 0.717) is 32.2 Å². The third-order valence-electron chi connectivity index (χ3n) is 3.91. The predicted molar refractivity (Wildman–Crippen MR) is 63.9 cm³/mol. The highest BCUT2D eigenvalue weighted by atomic mass is 19.1. The summed E-state index contributed by atoms with van der Waals surface area (Å²) in [7, 11) is 0. The number of hydrogen-bond acceptors (Lipinski definition) is 3. The summed E-state index contributed by atoms with van der Waals surface area (Å²) in [6, 6.07) is 0. The molecule has 1 aliphatic carbocycles. The maximum Gasteiger partial charge on any atom is 0.410 e. The number of hydrogen-bond donors (Lipinski definition) is 0. The number of halogens is 1. The molecule has 102 valence electrons. The average molecular weight is 257 g/mol. The summed E-state index contributed by atoms with van der Waals surface area (Å²) in [4.78, 5) is 24.1. The minimum Gasteiger partial charge on any atom is -0.444 e. The summed E-state index contributed by atoms with van der Waals surface area (Å²) < 4.78 is 18.8. The fourth-order valence-electron chi connectivity index (χ4n) is 2.72. The molecule has 0 aromatic heterocycles. The molecule has 18 heavy (non-hydrogen) atoms. The number of amides is 1. The second-order valence-corrected chi connectivity index (χ2v) is 6.26. The number of carbonyl (C=O) groups excluding carboxylic acids is 2. The quantitative estimate of drug-likeness (QED) is 0.676. The standard InChI is InChI=1S/C13H20FNO3/c1-12(2,3)18-11(17)15-6-4-13(5-7-15)9(8-16)10(13)14/h8-10H,4-7H2,1-3H3. The largest absolute Gasteiger partial charge is 0.444 e. The lowest BCUT2D eigenvalue weighted by molar-refractivity contribution is -0.109. The normalized spacial score (nSPS) is 30.1. The first-order valence-corrected chi connectivity index (χ1v) is 6.37. The fourth-order valence-corrected chi connectivity index (χ4v) is 2.72. The van der Waals surface area contributed by atoms with Gasteiger partial charge in [0.15, 0.2) is 0 Å². The Kier molecular flexibility index (Phi) is 3.11. The number of rotatable bonds is 1. The third-order valence-corrected chi connectivity index (χ3v) is 3.91. The van der Waals surface area contributed by atoms with E-state index in [1.807, 2.05) is 20.8 Å². The van der Waals surface area contributed by atoms with Crippen molar-refractivity contribution in [2.75, 3.05) is 13.1 Å². The lowest BCUT2D eigenvalue weighted by Gasteiger charge is -2.33. The molecule has 4 nitrogen and oxygen atoms in total. The van der Waals surface area contributed by atoms with E-state index in [0.717, 1.165) is 0 Å². The molecule has 2 atom stereocenters. The summed E-state index contributed by atoms with van der Waals surface area (Å²) in [6.07, 6.45) is 0.452. The van der Waals surface area contributed by atoms with Crippen LogP contribution in [0.2, 0.25) is 0 Å². The van der Waals surface area contributed by atoms with Crippen LogP contribution in [0.15, 0.2) is 0 Å². The minimum atomic E-state index is -1.02. The Labute approximate surface area is 106 Å². The maximum absolute atomic E-state index is 13.6. The molecule has 2 rings (SSSR count). The van der Waals surface area contributed by atoms with Crippen molar-refractivity contribution in [1.29, 1.82) is 0 Å². The highest BCUT2D eigenvalue weighted by Gasteiger charge is 2.66. The van der Waals surface area contributed by atoms with Crippen LogP contribution in [0.25, 0.3) is 0 Å². The Morgan fingerprint density at radius 2 is 1.94 bits per heavy atom. The molecule has 5 heteroatoms. The van der Waals surface area contributed by atoms with E-state index in [1.54, 1.807) is 4.90 Å². The smallest absolute Gasteiger partial charge is 0.410 e. The topological polar surface area (TPSA) is 46.6 Å². The fraction of sp³-hybridized carbons (Fsp3) is 0.846. The van der Waals surface area contributed by atoms with Crippen LogP contribution in [0.5, 0.6) is 0 Å². The zero-order chi connectivity index (χ0) is 13.6. The zero-order valence-corrected chi connectivity index (χ0v) is 11.1. The molecular formula is C13H20FNO3. The Hall–Kier alpha value is -1.13. The first kappa shape index (κ1) is 13.3. The van der Waals surface area contributed by atoms with Gasteiger partial charge in [0.2, 0.25) is 0 Å². The zero-order valence-electron chi connectivity index (χ0n) is 11.1. The van der Waals surface area contributed by atoms with Crippen LogP contribution in [0.4, 0.5) is 9.18 Å². The van der Waals surface area contributed by atoms with Crippen LogP contribution in [0.3, 0.4) is 0 Å². The molecule has 0 N–H and O–H groups in total. The minimum absolute atomic E-state index is 0.351. The number of piperidine rings is 1. The SMILES string of the molecule is CC(C)(C)OC(=O)N1CCC2(CC1)C(F)C2C=O. The van der Waals surface area contributed by atoms with Gasteiger partial charge >= 0.3 is 6.09 Å². The van der Waals surface area contributed by atoms with Crippen LogP contribution in [0.1, 0.15) is 33.6 Å². The molecule has 1 spiro atoms. The van der Waals surface area contributed by atoms with Gasteiger partial charge < -0.3 is 14.4 Å². The van der Waals surface area contributed by atoms with Crippen LogP contribution >= 0.6 is 0 Å². The predicted octanol–water partition coefficient (Wildman–Crippen LogP) is 2.17. The van der Waals surface area contributed by atoms with E-state index in [9.17, 15) is 14.0 Å². The molecule has 1 amide bonds.